The maximum Gasteiger partial charge on any atom is 0.137 e. The van der Waals surface area contributed by atoms with Crippen molar-refractivity contribution in [2.24, 2.45) is 0 Å². The van der Waals surface area contributed by atoms with E-state index in [0.29, 0.717) is 17.9 Å². The fourth-order valence-corrected chi connectivity index (χ4v) is 1.59. The molecule has 0 aliphatic carbocycles. The Kier molecular flexibility index (Phi) is 4.71. The summed E-state index contributed by atoms with van der Waals surface area (Å²) in [7, 11) is 0. The van der Waals surface area contributed by atoms with Crippen molar-refractivity contribution in [3.05, 3.63) is 29.3 Å². The Balaban J connectivity index is 3.06. The zero-order valence-corrected chi connectivity index (χ0v) is 10.2. The monoisotopic (exact) mass is 248 g/mol. The number of aryl methyl sites for hydroxylation is 1. The first-order valence-electron chi connectivity index (χ1n) is 4.75. The van der Waals surface area contributed by atoms with Crippen molar-refractivity contribution < 1.29 is 9.84 Å². The van der Waals surface area contributed by atoms with Crippen LogP contribution < -0.4 is 4.74 Å². The summed E-state index contributed by atoms with van der Waals surface area (Å²) in [6.45, 7) is 4.36. The average Bonchev–Trinajstić information content (AvgIpc) is 2.20. The van der Waals surface area contributed by atoms with Gasteiger partial charge in [-0.05, 0) is 26.0 Å². The molecule has 1 unspecified atom stereocenters. The Morgan fingerprint density at radius 2 is 2.07 bits per heavy atom. The van der Waals surface area contributed by atoms with Crippen LogP contribution >= 0.6 is 23.2 Å². The average molecular weight is 249 g/mol. The van der Waals surface area contributed by atoms with E-state index in [-0.39, 0.29) is 0 Å². The molecule has 0 fully saturated rings. The lowest BCUT2D eigenvalue weighted by atomic mass is 10.1. The van der Waals surface area contributed by atoms with E-state index in [9.17, 15) is 5.11 Å². The minimum Gasteiger partial charge on any atom is -0.493 e. The second-order valence-corrected chi connectivity index (χ2v) is 4.42. The summed E-state index contributed by atoms with van der Waals surface area (Å²) in [6, 6.07) is 5.56. The highest BCUT2D eigenvalue weighted by Crippen LogP contribution is 2.31. The number of benzene rings is 1. The molecule has 1 N–H and O–H groups in total. The number of ether oxygens (including phenoxy) is 1. The molecule has 2 nitrogen and oxygen atoms in total. The van der Waals surface area contributed by atoms with Gasteiger partial charge < -0.3 is 9.84 Å². The molecule has 1 rings (SSSR count). The smallest absolute Gasteiger partial charge is 0.137 e. The van der Waals surface area contributed by atoms with Gasteiger partial charge in [0.15, 0.2) is 0 Å². The Bertz CT molecular complexity index is 326. The quantitative estimate of drug-likeness (QED) is 0.830. The highest BCUT2D eigenvalue weighted by molar-refractivity contribution is 6.44. The predicted molar refractivity (Wildman–Crippen MR) is 62.8 cm³/mol. The van der Waals surface area contributed by atoms with Gasteiger partial charge in [0, 0.05) is 5.56 Å². The highest BCUT2D eigenvalue weighted by atomic mass is 35.5. The Hall–Kier alpha value is -0.440. The predicted octanol–water partition coefficient (Wildman–Crippen LogP) is 3.23. The van der Waals surface area contributed by atoms with E-state index in [1.54, 1.807) is 0 Å². The molecule has 0 aliphatic heterocycles. The summed E-state index contributed by atoms with van der Waals surface area (Å²) in [5.74, 6) is 0.627. The van der Waals surface area contributed by atoms with E-state index in [0.717, 1.165) is 5.56 Å². The number of aliphatic hydroxyl groups is 1. The second-order valence-electron chi connectivity index (χ2n) is 3.25. The summed E-state index contributed by atoms with van der Waals surface area (Å²) < 4.78 is 5.39. The molecular weight excluding hydrogens is 235 g/mol. The molecular formula is C11H14Cl2O2. The van der Waals surface area contributed by atoms with Gasteiger partial charge in [-0.2, -0.15) is 0 Å². The largest absolute Gasteiger partial charge is 0.493 e. The molecule has 0 spiro atoms. The van der Waals surface area contributed by atoms with Crippen LogP contribution in [0.5, 0.6) is 5.75 Å². The van der Waals surface area contributed by atoms with Gasteiger partial charge in [-0.25, -0.2) is 0 Å². The third-order valence-corrected chi connectivity index (χ3v) is 2.50. The fraction of sp³-hybridized carbons (Fsp3) is 0.455. The summed E-state index contributed by atoms with van der Waals surface area (Å²) in [4.78, 5) is -0.856. The lowest BCUT2D eigenvalue weighted by Crippen LogP contribution is -2.09. The van der Waals surface area contributed by atoms with Crippen molar-refractivity contribution in [2.45, 2.75) is 24.8 Å². The maximum absolute atomic E-state index is 9.79. The molecule has 1 aromatic rings. The first-order chi connectivity index (χ1) is 7.06. The first-order valence-corrected chi connectivity index (χ1v) is 5.63. The Morgan fingerprint density at radius 3 is 2.60 bits per heavy atom. The molecule has 0 aromatic heterocycles. The van der Waals surface area contributed by atoms with Crippen LogP contribution in [0.3, 0.4) is 0 Å². The molecule has 1 atom stereocenters. The molecule has 0 saturated heterocycles. The number of rotatable bonds is 4. The summed E-state index contributed by atoms with van der Waals surface area (Å²) in [5, 5.41) is 9.79. The van der Waals surface area contributed by atoms with Crippen molar-refractivity contribution in [1.82, 2.24) is 0 Å². The van der Waals surface area contributed by atoms with Gasteiger partial charge in [-0.3, -0.25) is 0 Å². The molecule has 0 bridgehead atoms. The van der Waals surface area contributed by atoms with Crippen molar-refractivity contribution in [2.75, 3.05) is 6.61 Å². The Morgan fingerprint density at radius 1 is 1.40 bits per heavy atom. The van der Waals surface area contributed by atoms with Crippen LogP contribution in [0.1, 0.15) is 24.2 Å². The van der Waals surface area contributed by atoms with Crippen LogP contribution in [-0.2, 0) is 0 Å². The van der Waals surface area contributed by atoms with Crippen LogP contribution in [-0.4, -0.2) is 16.5 Å². The van der Waals surface area contributed by atoms with E-state index in [2.05, 4.69) is 0 Å². The van der Waals surface area contributed by atoms with Crippen LogP contribution in [0, 0.1) is 6.92 Å². The maximum atomic E-state index is 9.79. The van der Waals surface area contributed by atoms with Gasteiger partial charge in [0.1, 0.15) is 16.7 Å². The molecule has 15 heavy (non-hydrogen) atoms. The normalized spacial score (nSPS) is 12.9. The van der Waals surface area contributed by atoms with E-state index < -0.39 is 10.9 Å². The van der Waals surface area contributed by atoms with Gasteiger partial charge in [0.05, 0.1) is 6.61 Å². The molecule has 0 radical (unpaired) electrons. The van der Waals surface area contributed by atoms with Crippen LogP contribution in [0.15, 0.2) is 18.2 Å². The standard InChI is InChI=1S/C11H14Cl2O2/c1-3-15-9-5-4-7(2)6-8(9)10(14)11(12)13/h4-6,10-11,14H,3H2,1-2H3. The van der Waals surface area contributed by atoms with Crippen LogP contribution in [0.4, 0.5) is 0 Å². The topological polar surface area (TPSA) is 29.5 Å². The minimum atomic E-state index is -0.921. The number of halogens is 2. The van der Waals surface area contributed by atoms with Crippen molar-refractivity contribution in [1.29, 1.82) is 0 Å². The summed E-state index contributed by atoms with van der Waals surface area (Å²) in [5.41, 5.74) is 1.66. The molecule has 0 amide bonds. The lowest BCUT2D eigenvalue weighted by molar-refractivity contribution is 0.186. The van der Waals surface area contributed by atoms with Crippen molar-refractivity contribution >= 4 is 23.2 Å². The van der Waals surface area contributed by atoms with Crippen molar-refractivity contribution in [3.63, 3.8) is 0 Å². The zero-order valence-electron chi connectivity index (χ0n) is 8.71. The van der Waals surface area contributed by atoms with Crippen LogP contribution in [0.25, 0.3) is 0 Å². The van der Waals surface area contributed by atoms with E-state index >= 15 is 0 Å². The summed E-state index contributed by atoms with van der Waals surface area (Å²) >= 11 is 11.3. The molecule has 4 heteroatoms. The van der Waals surface area contributed by atoms with Crippen LogP contribution in [0.2, 0.25) is 0 Å². The van der Waals surface area contributed by atoms with E-state index in [4.69, 9.17) is 27.9 Å². The highest BCUT2D eigenvalue weighted by Gasteiger charge is 2.20. The van der Waals surface area contributed by atoms with Gasteiger partial charge in [0.25, 0.3) is 0 Å². The van der Waals surface area contributed by atoms with Gasteiger partial charge in [0.2, 0.25) is 0 Å². The third-order valence-electron chi connectivity index (χ3n) is 2.02. The zero-order chi connectivity index (χ0) is 11.4. The third kappa shape index (κ3) is 3.26. The molecule has 1 aromatic carbocycles. The summed E-state index contributed by atoms with van der Waals surface area (Å²) in [6.07, 6.45) is -0.921. The molecule has 0 saturated carbocycles. The Labute approximate surface area is 99.8 Å². The number of aliphatic hydroxyl groups excluding tert-OH is 1. The first kappa shape index (κ1) is 12.6. The molecule has 0 heterocycles. The van der Waals surface area contributed by atoms with Gasteiger partial charge in [-0.1, -0.05) is 11.6 Å². The van der Waals surface area contributed by atoms with E-state index in [1.807, 2.05) is 32.0 Å². The number of hydrogen-bond acceptors (Lipinski definition) is 2. The minimum absolute atomic E-state index is 0.540. The van der Waals surface area contributed by atoms with Gasteiger partial charge in [-0.15, -0.1) is 23.2 Å². The van der Waals surface area contributed by atoms with Gasteiger partial charge >= 0.3 is 0 Å². The van der Waals surface area contributed by atoms with E-state index in [1.165, 1.54) is 0 Å². The SMILES string of the molecule is CCOc1ccc(C)cc1C(O)C(Cl)Cl. The second kappa shape index (κ2) is 5.59. The number of hydrogen-bond donors (Lipinski definition) is 1. The lowest BCUT2D eigenvalue weighted by Gasteiger charge is -2.16. The number of alkyl halides is 2. The van der Waals surface area contributed by atoms with Crippen molar-refractivity contribution in [3.8, 4) is 5.75 Å². The fourth-order valence-electron chi connectivity index (χ4n) is 1.32. The molecule has 84 valence electrons. The molecule has 0 aliphatic rings.